The predicted octanol–water partition coefficient (Wildman–Crippen LogP) is 5.78. The molecule has 3 heteroatoms. The van der Waals surface area contributed by atoms with E-state index < -0.39 is 6.10 Å². The normalized spacial score (nSPS) is 12.9. The van der Waals surface area contributed by atoms with E-state index in [1.807, 2.05) is 6.08 Å². The summed E-state index contributed by atoms with van der Waals surface area (Å²) in [6.07, 6.45) is 23.7. The molecule has 25 heavy (non-hydrogen) atoms. The monoisotopic (exact) mass is 356 g/mol. The van der Waals surface area contributed by atoms with Gasteiger partial charge in [-0.05, 0) is 12.8 Å². The summed E-state index contributed by atoms with van der Waals surface area (Å²) >= 11 is 0. The van der Waals surface area contributed by atoms with Gasteiger partial charge in [0.15, 0.2) is 0 Å². The highest BCUT2D eigenvalue weighted by molar-refractivity contribution is 4.88. The fourth-order valence-corrected chi connectivity index (χ4v) is 3.03. The van der Waals surface area contributed by atoms with Crippen LogP contribution in [0.5, 0.6) is 0 Å². The van der Waals surface area contributed by atoms with E-state index in [-0.39, 0.29) is 13.2 Å². The second-order valence-corrected chi connectivity index (χ2v) is 7.18. The van der Waals surface area contributed by atoms with Crippen molar-refractivity contribution in [3.8, 4) is 0 Å². The van der Waals surface area contributed by atoms with E-state index in [0.717, 1.165) is 6.42 Å². The Morgan fingerprint density at radius 2 is 1.24 bits per heavy atom. The van der Waals surface area contributed by atoms with Gasteiger partial charge in [-0.2, -0.15) is 0 Å². The van der Waals surface area contributed by atoms with Crippen LogP contribution in [0.4, 0.5) is 0 Å². The molecule has 0 aromatic rings. The van der Waals surface area contributed by atoms with Crippen LogP contribution >= 0.6 is 0 Å². The van der Waals surface area contributed by atoms with E-state index in [2.05, 4.69) is 6.92 Å². The lowest BCUT2D eigenvalue weighted by molar-refractivity contribution is 0.0399. The summed E-state index contributed by atoms with van der Waals surface area (Å²) < 4.78 is 5.07. The van der Waals surface area contributed by atoms with Crippen molar-refractivity contribution in [2.75, 3.05) is 19.8 Å². The molecule has 3 nitrogen and oxygen atoms in total. The molecule has 0 bridgehead atoms. The number of unbranched alkanes of at least 4 members (excludes halogenated alkanes) is 14. The molecular weight excluding hydrogens is 312 g/mol. The smallest absolute Gasteiger partial charge is 0.0954 e. The Morgan fingerprint density at radius 3 is 1.72 bits per heavy atom. The third-order valence-corrected chi connectivity index (χ3v) is 4.61. The lowest BCUT2D eigenvalue weighted by Crippen LogP contribution is -2.13. The zero-order valence-corrected chi connectivity index (χ0v) is 16.8. The van der Waals surface area contributed by atoms with E-state index >= 15 is 0 Å². The number of ether oxygens (including phenoxy) is 1. The van der Waals surface area contributed by atoms with E-state index in [0.29, 0.717) is 6.61 Å². The molecule has 0 spiro atoms. The van der Waals surface area contributed by atoms with Gasteiger partial charge in [0.1, 0.15) is 0 Å². The van der Waals surface area contributed by atoms with Crippen molar-refractivity contribution in [3.63, 3.8) is 0 Å². The van der Waals surface area contributed by atoms with Gasteiger partial charge in [0, 0.05) is 0 Å². The van der Waals surface area contributed by atoms with Crippen LogP contribution in [-0.2, 0) is 4.74 Å². The summed E-state index contributed by atoms with van der Waals surface area (Å²) in [4.78, 5) is 0. The SMILES string of the molecule is CCCCCCCCCCCCCCCCC=CC(O)COCCO. The molecule has 150 valence electrons. The molecule has 0 saturated heterocycles. The summed E-state index contributed by atoms with van der Waals surface area (Å²) in [7, 11) is 0. The quantitative estimate of drug-likeness (QED) is 0.215. The van der Waals surface area contributed by atoms with Crippen LogP contribution in [0.15, 0.2) is 12.2 Å². The van der Waals surface area contributed by atoms with Crippen molar-refractivity contribution in [2.45, 2.75) is 109 Å². The zero-order chi connectivity index (χ0) is 18.4. The number of hydrogen-bond donors (Lipinski definition) is 2. The zero-order valence-electron chi connectivity index (χ0n) is 16.8. The Labute approximate surface area is 156 Å². The highest BCUT2D eigenvalue weighted by Crippen LogP contribution is 2.13. The minimum absolute atomic E-state index is 0.00941. The van der Waals surface area contributed by atoms with Crippen LogP contribution in [0, 0.1) is 0 Å². The predicted molar refractivity (Wildman–Crippen MR) is 108 cm³/mol. The summed E-state index contributed by atoms with van der Waals surface area (Å²) in [6, 6.07) is 0. The molecule has 0 aliphatic carbocycles. The average Bonchev–Trinajstić information content (AvgIpc) is 2.61. The van der Waals surface area contributed by atoms with Crippen molar-refractivity contribution in [3.05, 3.63) is 12.2 Å². The summed E-state index contributed by atoms with van der Waals surface area (Å²) in [5.41, 5.74) is 0. The molecule has 0 aromatic carbocycles. The van der Waals surface area contributed by atoms with Gasteiger partial charge in [-0.3, -0.25) is 0 Å². The molecule has 0 saturated carbocycles. The molecule has 2 N–H and O–H groups in total. The van der Waals surface area contributed by atoms with Crippen molar-refractivity contribution in [2.24, 2.45) is 0 Å². The lowest BCUT2D eigenvalue weighted by atomic mass is 10.0. The molecule has 0 aromatic heterocycles. The third kappa shape index (κ3) is 21.6. The minimum atomic E-state index is -0.543. The largest absolute Gasteiger partial charge is 0.394 e. The van der Waals surface area contributed by atoms with E-state index in [4.69, 9.17) is 9.84 Å². The standard InChI is InChI=1S/C22H44O3/c1-2-3-4-5-6-7-8-9-10-11-12-13-14-15-16-17-18-22(24)21-25-20-19-23/h17-18,22-24H,2-16,19-21H2,1H3. The van der Waals surface area contributed by atoms with E-state index in [1.54, 1.807) is 6.08 Å². The topological polar surface area (TPSA) is 49.7 Å². The van der Waals surface area contributed by atoms with Crippen LogP contribution in [0.1, 0.15) is 103 Å². The lowest BCUT2D eigenvalue weighted by Gasteiger charge is -2.05. The van der Waals surface area contributed by atoms with Crippen molar-refractivity contribution < 1.29 is 14.9 Å². The first-order valence-electron chi connectivity index (χ1n) is 10.8. The van der Waals surface area contributed by atoms with Gasteiger partial charge in [-0.1, -0.05) is 103 Å². The Hall–Kier alpha value is -0.380. The Bertz CT molecular complexity index is 266. The van der Waals surface area contributed by atoms with Crippen molar-refractivity contribution >= 4 is 0 Å². The van der Waals surface area contributed by atoms with Crippen LogP contribution < -0.4 is 0 Å². The first-order valence-corrected chi connectivity index (χ1v) is 10.8. The summed E-state index contributed by atoms with van der Waals surface area (Å²) in [6.45, 7) is 2.86. The molecule has 0 heterocycles. The maximum Gasteiger partial charge on any atom is 0.0954 e. The van der Waals surface area contributed by atoms with Gasteiger partial charge >= 0.3 is 0 Å². The highest BCUT2D eigenvalue weighted by atomic mass is 16.5. The third-order valence-electron chi connectivity index (χ3n) is 4.61. The van der Waals surface area contributed by atoms with E-state index in [1.165, 1.54) is 89.9 Å². The number of aliphatic hydroxyl groups excluding tert-OH is 2. The van der Waals surface area contributed by atoms with Gasteiger partial charge in [0.2, 0.25) is 0 Å². The van der Waals surface area contributed by atoms with Gasteiger partial charge in [-0.25, -0.2) is 0 Å². The molecule has 1 atom stereocenters. The molecule has 0 aliphatic heterocycles. The molecule has 0 radical (unpaired) electrons. The van der Waals surface area contributed by atoms with Crippen LogP contribution in [-0.4, -0.2) is 36.1 Å². The van der Waals surface area contributed by atoms with Crippen molar-refractivity contribution in [1.82, 2.24) is 0 Å². The number of hydrogen-bond acceptors (Lipinski definition) is 3. The van der Waals surface area contributed by atoms with Crippen LogP contribution in [0.25, 0.3) is 0 Å². The summed E-state index contributed by atoms with van der Waals surface area (Å²) in [5.74, 6) is 0. The van der Waals surface area contributed by atoms with Gasteiger partial charge in [0.05, 0.1) is 25.9 Å². The second-order valence-electron chi connectivity index (χ2n) is 7.18. The van der Waals surface area contributed by atoms with Gasteiger partial charge in [0.25, 0.3) is 0 Å². The molecular formula is C22H44O3. The molecule has 0 fully saturated rings. The fourth-order valence-electron chi connectivity index (χ4n) is 3.03. The average molecular weight is 357 g/mol. The maximum absolute atomic E-state index is 9.60. The van der Waals surface area contributed by atoms with E-state index in [9.17, 15) is 5.11 Å². The summed E-state index contributed by atoms with van der Waals surface area (Å²) in [5, 5.41) is 18.2. The van der Waals surface area contributed by atoms with Crippen molar-refractivity contribution in [1.29, 1.82) is 0 Å². The Balaban J connectivity index is 3.13. The molecule has 0 aliphatic rings. The Morgan fingerprint density at radius 1 is 0.760 bits per heavy atom. The minimum Gasteiger partial charge on any atom is -0.394 e. The Kier molecular flexibility index (Phi) is 21.3. The maximum atomic E-state index is 9.60. The molecule has 1 unspecified atom stereocenters. The fraction of sp³-hybridized carbons (Fsp3) is 0.909. The number of rotatable bonds is 20. The highest BCUT2D eigenvalue weighted by Gasteiger charge is 1.98. The number of aliphatic hydroxyl groups is 2. The first-order chi connectivity index (χ1) is 12.3. The van der Waals surface area contributed by atoms with Gasteiger partial charge < -0.3 is 14.9 Å². The molecule has 0 rings (SSSR count). The molecule has 0 amide bonds. The van der Waals surface area contributed by atoms with Gasteiger partial charge in [-0.15, -0.1) is 0 Å². The van der Waals surface area contributed by atoms with Crippen LogP contribution in [0.3, 0.4) is 0 Å². The second kappa shape index (κ2) is 21.7. The first kappa shape index (κ1) is 24.6. The van der Waals surface area contributed by atoms with Crippen LogP contribution in [0.2, 0.25) is 0 Å². The number of allylic oxidation sites excluding steroid dienone is 1.